The van der Waals surface area contributed by atoms with Crippen molar-refractivity contribution in [2.24, 2.45) is 0 Å². The first-order chi connectivity index (χ1) is 21.8. The second-order valence-corrected chi connectivity index (χ2v) is 10.4. The van der Waals surface area contributed by atoms with Crippen molar-refractivity contribution in [3.05, 3.63) is 83.4 Å². The predicted molar refractivity (Wildman–Crippen MR) is 171 cm³/mol. The zero-order valence-corrected chi connectivity index (χ0v) is 25.6. The molecular formula is C33H44N4O8. The lowest BCUT2D eigenvalue weighted by Crippen LogP contribution is -2.36. The summed E-state index contributed by atoms with van der Waals surface area (Å²) in [5, 5.41) is 36.0. The number of hydroxylamine groups is 1. The molecule has 3 aromatic carbocycles. The van der Waals surface area contributed by atoms with Crippen LogP contribution in [0.15, 0.2) is 66.7 Å². The smallest absolute Gasteiger partial charge is 0.359 e. The average molecular weight is 625 g/mol. The highest BCUT2D eigenvalue weighted by Crippen LogP contribution is 2.23. The number of hydrogen-bond acceptors (Lipinski definition) is 10. The van der Waals surface area contributed by atoms with Gasteiger partial charge in [0.25, 0.3) is 0 Å². The minimum absolute atomic E-state index is 0.0200. The van der Waals surface area contributed by atoms with E-state index >= 15 is 0 Å². The molecule has 0 aliphatic rings. The number of nitrogens with two attached hydrogens (primary N) is 1. The van der Waals surface area contributed by atoms with E-state index in [1.165, 1.54) is 19.1 Å². The molecule has 0 heterocycles. The van der Waals surface area contributed by atoms with Gasteiger partial charge in [-0.3, -0.25) is 0 Å². The number of rotatable bonds is 18. The van der Waals surface area contributed by atoms with Crippen LogP contribution in [0.3, 0.4) is 0 Å². The van der Waals surface area contributed by atoms with Crippen LogP contribution in [0.5, 0.6) is 5.75 Å². The van der Waals surface area contributed by atoms with E-state index in [4.69, 9.17) is 20.0 Å². The van der Waals surface area contributed by atoms with E-state index in [1.54, 1.807) is 48.5 Å². The summed E-state index contributed by atoms with van der Waals surface area (Å²) in [6.07, 6.45) is 3.30. The Morgan fingerprint density at radius 3 is 2.49 bits per heavy atom. The van der Waals surface area contributed by atoms with E-state index in [0.717, 1.165) is 42.9 Å². The Balaban J connectivity index is 1.24. The van der Waals surface area contributed by atoms with Gasteiger partial charge in [0.2, 0.25) is 0 Å². The standard InChI is InChI=1S/C33H44N4O8/c1-24(39)45-37(30-11-7-9-28(34)20-30)33(42)36-29-10-6-8-25(18-29)23-44-17-16-43-15-5-3-2-4-14-35-21-32(41)26-12-13-31(40)27(19-26)22-38/h6-13,18-20,32,35,38,40-41H,2-5,14-17,21-23,34H2,1H3,(H,36,42)/t32-/m1/s1. The van der Waals surface area contributed by atoms with Crippen molar-refractivity contribution in [3.8, 4) is 5.75 Å². The number of ether oxygens (including phenoxy) is 2. The summed E-state index contributed by atoms with van der Waals surface area (Å²) < 4.78 is 11.4. The van der Waals surface area contributed by atoms with Crippen LogP contribution in [0.2, 0.25) is 0 Å². The number of carbonyl (C=O) groups excluding carboxylic acids is 2. The van der Waals surface area contributed by atoms with Gasteiger partial charge in [0, 0.05) is 37.0 Å². The molecule has 2 amide bonds. The number of anilines is 3. The summed E-state index contributed by atoms with van der Waals surface area (Å²) in [7, 11) is 0. The highest BCUT2D eigenvalue weighted by atomic mass is 16.7. The summed E-state index contributed by atoms with van der Waals surface area (Å²) in [6.45, 7) is 4.01. The first kappa shape index (κ1) is 35.3. The molecule has 45 heavy (non-hydrogen) atoms. The van der Waals surface area contributed by atoms with Gasteiger partial charge in [-0.05, 0) is 73.0 Å². The maximum Gasteiger partial charge on any atom is 0.359 e. The minimum Gasteiger partial charge on any atom is -0.508 e. The molecule has 0 aliphatic heterocycles. The average Bonchev–Trinajstić information content (AvgIpc) is 3.02. The number of urea groups is 1. The number of amides is 2. The molecule has 0 spiro atoms. The zero-order chi connectivity index (χ0) is 32.4. The largest absolute Gasteiger partial charge is 0.508 e. The Morgan fingerprint density at radius 1 is 0.933 bits per heavy atom. The van der Waals surface area contributed by atoms with Crippen LogP contribution >= 0.6 is 0 Å². The number of carbonyl (C=O) groups is 2. The third-order valence-electron chi connectivity index (χ3n) is 6.72. The number of nitrogens with zero attached hydrogens (tertiary/aromatic N) is 1. The Hall–Kier alpha value is -4.20. The van der Waals surface area contributed by atoms with Gasteiger partial charge in [-0.25, -0.2) is 9.59 Å². The van der Waals surface area contributed by atoms with Crippen LogP contribution < -0.4 is 21.4 Å². The van der Waals surface area contributed by atoms with Gasteiger partial charge in [-0.2, -0.15) is 0 Å². The predicted octanol–water partition coefficient (Wildman–Crippen LogP) is 4.40. The molecule has 0 aliphatic carbocycles. The number of nitrogens with one attached hydrogen (secondary N) is 2. The summed E-state index contributed by atoms with van der Waals surface area (Å²) in [5.41, 5.74) is 8.97. The molecule has 0 aromatic heterocycles. The lowest BCUT2D eigenvalue weighted by Gasteiger charge is -2.21. The molecule has 12 heteroatoms. The van der Waals surface area contributed by atoms with Crippen molar-refractivity contribution in [1.29, 1.82) is 0 Å². The van der Waals surface area contributed by atoms with Crippen molar-refractivity contribution < 1.29 is 39.2 Å². The van der Waals surface area contributed by atoms with E-state index in [0.29, 0.717) is 61.2 Å². The fraction of sp³-hybridized carbons (Fsp3) is 0.394. The van der Waals surface area contributed by atoms with E-state index in [1.807, 2.05) is 6.07 Å². The SMILES string of the molecule is CC(=O)ON(C(=O)Nc1cccc(COCCOCCCCCCNC[C@@H](O)c2ccc(O)c(CO)c2)c1)c1cccc(N)c1. The van der Waals surface area contributed by atoms with Gasteiger partial charge >= 0.3 is 12.0 Å². The molecule has 0 fully saturated rings. The van der Waals surface area contributed by atoms with Gasteiger partial charge in [0.05, 0.1) is 38.2 Å². The summed E-state index contributed by atoms with van der Waals surface area (Å²) >= 11 is 0. The topological polar surface area (TPSA) is 176 Å². The van der Waals surface area contributed by atoms with Crippen molar-refractivity contribution in [2.75, 3.05) is 49.0 Å². The molecule has 3 rings (SSSR count). The van der Waals surface area contributed by atoms with E-state index in [9.17, 15) is 24.9 Å². The Kier molecular flexibility index (Phi) is 15.1. The quantitative estimate of drug-likeness (QED) is 0.0676. The van der Waals surface area contributed by atoms with E-state index in [2.05, 4.69) is 10.6 Å². The number of aliphatic hydroxyl groups excluding tert-OH is 2. The molecule has 1 atom stereocenters. The van der Waals surface area contributed by atoms with Gasteiger partial charge in [-0.1, -0.05) is 37.1 Å². The first-order valence-corrected chi connectivity index (χ1v) is 15.0. The van der Waals surface area contributed by atoms with E-state index in [-0.39, 0.29) is 12.4 Å². The summed E-state index contributed by atoms with van der Waals surface area (Å²) in [5.74, 6) is -0.629. The molecule has 244 valence electrons. The lowest BCUT2D eigenvalue weighted by molar-refractivity contribution is -0.141. The van der Waals surface area contributed by atoms with Crippen molar-refractivity contribution in [2.45, 2.75) is 51.9 Å². The van der Waals surface area contributed by atoms with Crippen LogP contribution in [0.1, 0.15) is 55.4 Å². The van der Waals surface area contributed by atoms with Crippen molar-refractivity contribution in [3.63, 3.8) is 0 Å². The maximum atomic E-state index is 12.9. The van der Waals surface area contributed by atoms with Crippen LogP contribution in [-0.2, 0) is 32.3 Å². The maximum absolute atomic E-state index is 12.9. The summed E-state index contributed by atoms with van der Waals surface area (Å²) in [4.78, 5) is 29.5. The first-order valence-electron chi connectivity index (χ1n) is 15.0. The van der Waals surface area contributed by atoms with Crippen molar-refractivity contribution in [1.82, 2.24) is 5.32 Å². The number of nitrogen functional groups attached to an aromatic ring is 1. The molecule has 0 saturated carbocycles. The molecule has 3 aromatic rings. The van der Waals surface area contributed by atoms with Crippen LogP contribution in [0.4, 0.5) is 21.9 Å². The number of aromatic hydroxyl groups is 1. The highest BCUT2D eigenvalue weighted by molar-refractivity contribution is 6.01. The fourth-order valence-electron chi connectivity index (χ4n) is 4.42. The molecule has 0 saturated heterocycles. The molecule has 0 bridgehead atoms. The number of phenols is 1. The number of benzene rings is 3. The molecular weight excluding hydrogens is 580 g/mol. The summed E-state index contributed by atoms with van der Waals surface area (Å²) in [6, 6.07) is 17.7. The van der Waals surface area contributed by atoms with E-state index < -0.39 is 18.1 Å². The van der Waals surface area contributed by atoms with Gasteiger partial charge < -0.3 is 46.0 Å². The number of unbranched alkanes of at least 4 members (excludes halogenated alkanes) is 3. The second-order valence-electron chi connectivity index (χ2n) is 10.4. The van der Waals surface area contributed by atoms with Crippen LogP contribution in [-0.4, -0.2) is 60.2 Å². The Bertz CT molecular complexity index is 1360. The molecule has 12 nitrogen and oxygen atoms in total. The van der Waals surface area contributed by atoms with Crippen LogP contribution in [0, 0.1) is 0 Å². The Morgan fingerprint density at radius 2 is 1.71 bits per heavy atom. The molecule has 7 N–H and O–H groups in total. The molecule has 0 radical (unpaired) electrons. The molecule has 0 unspecified atom stereocenters. The second kappa shape index (κ2) is 19.2. The fourth-order valence-corrected chi connectivity index (χ4v) is 4.42. The van der Waals surface area contributed by atoms with Gasteiger partial charge in [-0.15, -0.1) is 5.06 Å². The van der Waals surface area contributed by atoms with Crippen molar-refractivity contribution >= 4 is 29.1 Å². The van der Waals surface area contributed by atoms with Gasteiger partial charge in [0.15, 0.2) is 0 Å². The lowest BCUT2D eigenvalue weighted by atomic mass is 10.1. The number of hydrogen-bond donors (Lipinski definition) is 6. The van der Waals surface area contributed by atoms with Crippen LogP contribution in [0.25, 0.3) is 0 Å². The number of aliphatic hydroxyl groups is 2. The van der Waals surface area contributed by atoms with Gasteiger partial charge in [0.1, 0.15) is 5.75 Å². The normalized spacial score (nSPS) is 11.6. The third-order valence-corrected chi connectivity index (χ3v) is 6.72. The highest BCUT2D eigenvalue weighted by Gasteiger charge is 2.20. The Labute approximate surface area is 263 Å². The minimum atomic E-state index is -0.707. The zero-order valence-electron chi connectivity index (χ0n) is 25.6. The monoisotopic (exact) mass is 624 g/mol. The third kappa shape index (κ3) is 12.7.